The molecule has 1 rings (SSSR count). The van der Waals surface area contributed by atoms with Gasteiger partial charge in [0.25, 0.3) is 5.91 Å². The molecule has 0 radical (unpaired) electrons. The van der Waals surface area contributed by atoms with Crippen LogP contribution < -0.4 is 5.32 Å². The summed E-state index contributed by atoms with van der Waals surface area (Å²) in [6.45, 7) is 4.48. The summed E-state index contributed by atoms with van der Waals surface area (Å²) in [5.74, 6) is -1.81. The lowest BCUT2D eigenvalue weighted by molar-refractivity contribution is -0.127. The van der Waals surface area contributed by atoms with Gasteiger partial charge in [-0.05, 0) is 32.0 Å². The first-order valence-electron chi connectivity index (χ1n) is 7.23. The maximum atomic E-state index is 12.0. The minimum Gasteiger partial charge on any atom is -0.478 e. The minimum atomic E-state index is -3.62. The van der Waals surface area contributed by atoms with Crippen LogP contribution in [-0.4, -0.2) is 57.6 Å². The number of carboxylic acids is 1. The number of carbonyl (C=O) groups excluding carboxylic acids is 1. The first-order valence-corrected chi connectivity index (χ1v) is 9.13. The first kappa shape index (κ1) is 20.1. The maximum absolute atomic E-state index is 12.0. The van der Waals surface area contributed by atoms with E-state index in [2.05, 4.69) is 5.32 Å². The number of benzene rings is 1. The number of carboxylic acid groups (broad SMARTS) is 1. The Bertz CT molecular complexity index is 700. The largest absolute Gasteiger partial charge is 0.478 e. The SMILES string of the molecule is CCOCCOC(C)C(=O)Nc1cc(C(=O)O)cc(S(C)(=O)=O)c1. The predicted octanol–water partition coefficient (Wildman–Crippen LogP) is 1.17. The zero-order valence-corrected chi connectivity index (χ0v) is 14.6. The van der Waals surface area contributed by atoms with Gasteiger partial charge in [0.1, 0.15) is 6.10 Å². The van der Waals surface area contributed by atoms with Crippen molar-refractivity contribution in [3.63, 3.8) is 0 Å². The van der Waals surface area contributed by atoms with E-state index in [4.69, 9.17) is 14.6 Å². The summed E-state index contributed by atoms with van der Waals surface area (Å²) < 4.78 is 33.6. The van der Waals surface area contributed by atoms with Crippen LogP contribution in [0.15, 0.2) is 23.1 Å². The Morgan fingerprint density at radius 1 is 1.25 bits per heavy atom. The summed E-state index contributed by atoms with van der Waals surface area (Å²) in [4.78, 5) is 23.0. The van der Waals surface area contributed by atoms with Crippen LogP contribution in [0.3, 0.4) is 0 Å². The molecule has 0 saturated carbocycles. The molecule has 1 aromatic carbocycles. The molecule has 2 N–H and O–H groups in total. The van der Waals surface area contributed by atoms with E-state index in [9.17, 15) is 18.0 Å². The second-order valence-corrected chi connectivity index (χ2v) is 7.04. The second-order valence-electron chi connectivity index (χ2n) is 5.02. The molecule has 1 amide bonds. The zero-order chi connectivity index (χ0) is 18.3. The number of carbonyl (C=O) groups is 2. The van der Waals surface area contributed by atoms with Gasteiger partial charge in [-0.2, -0.15) is 0 Å². The van der Waals surface area contributed by atoms with Gasteiger partial charge in [-0.15, -0.1) is 0 Å². The molecule has 1 atom stereocenters. The van der Waals surface area contributed by atoms with Crippen molar-refractivity contribution >= 4 is 27.4 Å². The summed E-state index contributed by atoms with van der Waals surface area (Å²) in [5, 5.41) is 11.5. The van der Waals surface area contributed by atoms with Crippen LogP contribution in [0.1, 0.15) is 24.2 Å². The summed E-state index contributed by atoms with van der Waals surface area (Å²) in [6.07, 6.45) is 0.152. The lowest BCUT2D eigenvalue weighted by Gasteiger charge is -2.14. The van der Waals surface area contributed by atoms with Crippen molar-refractivity contribution in [1.29, 1.82) is 0 Å². The van der Waals surface area contributed by atoms with Crippen molar-refractivity contribution in [1.82, 2.24) is 0 Å². The Balaban J connectivity index is 2.88. The third kappa shape index (κ3) is 6.26. The van der Waals surface area contributed by atoms with Gasteiger partial charge in [0.15, 0.2) is 9.84 Å². The molecule has 9 heteroatoms. The van der Waals surface area contributed by atoms with Crippen LogP contribution in [0.25, 0.3) is 0 Å². The number of ether oxygens (including phenoxy) is 2. The third-order valence-corrected chi connectivity index (χ3v) is 4.11. The normalized spacial score (nSPS) is 12.6. The lowest BCUT2D eigenvalue weighted by atomic mass is 10.2. The molecule has 0 saturated heterocycles. The van der Waals surface area contributed by atoms with Gasteiger partial charge in [0.05, 0.1) is 23.7 Å². The van der Waals surface area contributed by atoms with E-state index < -0.39 is 27.8 Å². The van der Waals surface area contributed by atoms with Crippen molar-refractivity contribution < 1.29 is 32.6 Å². The highest BCUT2D eigenvalue weighted by molar-refractivity contribution is 7.90. The van der Waals surface area contributed by atoms with Gasteiger partial charge in [-0.1, -0.05) is 0 Å². The van der Waals surface area contributed by atoms with E-state index >= 15 is 0 Å². The van der Waals surface area contributed by atoms with E-state index in [0.717, 1.165) is 12.3 Å². The Morgan fingerprint density at radius 3 is 2.46 bits per heavy atom. The van der Waals surface area contributed by atoms with E-state index in [0.29, 0.717) is 13.2 Å². The number of anilines is 1. The van der Waals surface area contributed by atoms with Crippen LogP contribution in [-0.2, 0) is 24.1 Å². The maximum Gasteiger partial charge on any atom is 0.335 e. The number of rotatable bonds is 9. The highest BCUT2D eigenvalue weighted by atomic mass is 32.2. The Kier molecular flexibility index (Phi) is 7.33. The molecule has 1 aromatic rings. The van der Waals surface area contributed by atoms with Crippen LogP contribution in [0.4, 0.5) is 5.69 Å². The molecule has 0 spiro atoms. The molecule has 0 heterocycles. The zero-order valence-electron chi connectivity index (χ0n) is 13.7. The van der Waals surface area contributed by atoms with Crippen LogP contribution in [0.5, 0.6) is 0 Å². The van der Waals surface area contributed by atoms with Crippen molar-refractivity contribution in [2.24, 2.45) is 0 Å². The molecule has 134 valence electrons. The summed E-state index contributed by atoms with van der Waals surface area (Å²) in [5.41, 5.74) is -0.168. The smallest absolute Gasteiger partial charge is 0.335 e. The molecule has 24 heavy (non-hydrogen) atoms. The molecule has 0 aliphatic heterocycles. The molecule has 8 nitrogen and oxygen atoms in total. The number of aromatic carboxylic acids is 1. The Hall–Kier alpha value is -1.97. The fraction of sp³-hybridized carbons (Fsp3) is 0.467. The topological polar surface area (TPSA) is 119 Å². The molecule has 0 aliphatic carbocycles. The van der Waals surface area contributed by atoms with E-state index in [1.54, 1.807) is 0 Å². The Labute approximate surface area is 140 Å². The number of sulfone groups is 1. The van der Waals surface area contributed by atoms with Gasteiger partial charge in [-0.3, -0.25) is 4.79 Å². The van der Waals surface area contributed by atoms with Crippen LogP contribution >= 0.6 is 0 Å². The lowest BCUT2D eigenvalue weighted by Crippen LogP contribution is -2.29. The van der Waals surface area contributed by atoms with Crippen molar-refractivity contribution in [2.45, 2.75) is 24.8 Å². The number of amides is 1. The van der Waals surface area contributed by atoms with Gasteiger partial charge >= 0.3 is 5.97 Å². The van der Waals surface area contributed by atoms with Crippen LogP contribution in [0, 0.1) is 0 Å². The highest BCUT2D eigenvalue weighted by Crippen LogP contribution is 2.19. The van der Waals surface area contributed by atoms with Crippen molar-refractivity contribution in [3.8, 4) is 0 Å². The molecular weight excluding hydrogens is 338 g/mol. The van der Waals surface area contributed by atoms with E-state index in [1.165, 1.54) is 19.1 Å². The number of hydrogen-bond acceptors (Lipinski definition) is 6. The summed E-state index contributed by atoms with van der Waals surface area (Å²) in [6, 6.07) is 3.42. The molecular formula is C15H21NO7S. The number of hydrogen-bond donors (Lipinski definition) is 2. The standard InChI is InChI=1S/C15H21NO7S/c1-4-22-5-6-23-10(2)14(17)16-12-7-11(15(18)19)8-13(9-12)24(3,20)21/h7-10H,4-6H2,1-3H3,(H,16,17)(H,18,19). The van der Waals surface area contributed by atoms with Crippen molar-refractivity contribution in [3.05, 3.63) is 23.8 Å². The summed E-state index contributed by atoms with van der Waals surface area (Å²) >= 11 is 0. The minimum absolute atomic E-state index is 0.0700. The molecule has 0 aliphatic rings. The fourth-order valence-electron chi connectivity index (χ4n) is 1.76. The van der Waals surface area contributed by atoms with Crippen molar-refractivity contribution in [2.75, 3.05) is 31.4 Å². The van der Waals surface area contributed by atoms with E-state index in [-0.39, 0.29) is 22.8 Å². The molecule has 0 bridgehead atoms. The monoisotopic (exact) mass is 359 g/mol. The van der Waals surface area contributed by atoms with E-state index in [1.807, 2.05) is 6.92 Å². The molecule has 0 fully saturated rings. The number of nitrogens with one attached hydrogen (secondary N) is 1. The van der Waals surface area contributed by atoms with Crippen LogP contribution in [0.2, 0.25) is 0 Å². The van der Waals surface area contributed by atoms with Gasteiger partial charge < -0.3 is 19.9 Å². The molecule has 0 aromatic heterocycles. The van der Waals surface area contributed by atoms with Gasteiger partial charge in [0, 0.05) is 18.6 Å². The fourth-order valence-corrected chi connectivity index (χ4v) is 2.44. The van der Waals surface area contributed by atoms with Gasteiger partial charge in [-0.25, -0.2) is 13.2 Å². The van der Waals surface area contributed by atoms with Gasteiger partial charge in [0.2, 0.25) is 0 Å². The second kappa shape index (κ2) is 8.76. The average molecular weight is 359 g/mol. The third-order valence-electron chi connectivity index (χ3n) is 3.02. The highest BCUT2D eigenvalue weighted by Gasteiger charge is 2.17. The average Bonchev–Trinajstić information content (AvgIpc) is 2.50. The Morgan fingerprint density at radius 2 is 1.92 bits per heavy atom. The first-order chi connectivity index (χ1) is 11.1. The quantitative estimate of drug-likeness (QED) is 0.635. The molecule has 1 unspecified atom stereocenters. The summed E-state index contributed by atoms with van der Waals surface area (Å²) in [7, 11) is -3.62. The predicted molar refractivity (Wildman–Crippen MR) is 87.0 cm³/mol.